The fraction of sp³-hybridized carbons (Fsp3) is 0. The number of pyridine rings is 1. The van der Waals surface area contributed by atoms with Gasteiger partial charge in [0, 0.05) is 12.4 Å². The number of rotatable bonds is 2. The molecule has 0 amide bonds. The van der Waals surface area contributed by atoms with Crippen LogP contribution in [0.15, 0.2) is 60.9 Å². The first-order valence-electron chi connectivity index (χ1n) is 6.00. The van der Waals surface area contributed by atoms with Crippen molar-refractivity contribution in [3.63, 3.8) is 0 Å². The number of hydrogen-bond acceptors (Lipinski definition) is 1. The second kappa shape index (κ2) is 4.26. The van der Waals surface area contributed by atoms with E-state index < -0.39 is 0 Å². The monoisotopic (exact) mass is 221 g/mol. The molecule has 2 heterocycles. The summed E-state index contributed by atoms with van der Waals surface area (Å²) < 4.78 is 9.38. The summed E-state index contributed by atoms with van der Waals surface area (Å²) in [6.45, 7) is 0. The van der Waals surface area contributed by atoms with E-state index in [-0.39, 0.29) is 0 Å². The van der Waals surface area contributed by atoms with Crippen LogP contribution < -0.4 is 0 Å². The molecule has 0 radical (unpaired) electrons. The summed E-state index contributed by atoms with van der Waals surface area (Å²) >= 11 is 0. The van der Waals surface area contributed by atoms with Gasteiger partial charge in [0.2, 0.25) is 0 Å². The fourth-order valence-electron chi connectivity index (χ4n) is 1.73. The molecule has 17 heavy (non-hydrogen) atoms. The molecule has 3 rings (SSSR count). The zero-order chi connectivity index (χ0) is 12.4. The highest BCUT2D eigenvalue weighted by Crippen LogP contribution is 2.09. The van der Waals surface area contributed by atoms with Crippen LogP contribution in [0.2, 0.25) is 0 Å². The van der Waals surface area contributed by atoms with Crippen molar-refractivity contribution in [2.75, 3.05) is 0 Å². The second-order valence-electron chi connectivity index (χ2n) is 3.83. The molecule has 2 aromatic heterocycles. The third-order valence-corrected chi connectivity index (χ3v) is 2.61. The van der Waals surface area contributed by atoms with Crippen LogP contribution in [0.1, 0.15) is 12.5 Å². The lowest BCUT2D eigenvalue weighted by Crippen LogP contribution is -1.86. The lowest BCUT2D eigenvalue weighted by atomic mass is 10.2. The van der Waals surface area contributed by atoms with Gasteiger partial charge in [-0.1, -0.05) is 48.6 Å². The minimum absolute atomic E-state index is 0.452. The molecule has 0 aliphatic carbocycles. The van der Waals surface area contributed by atoms with Crippen LogP contribution in [-0.2, 0) is 0 Å². The number of fused-ring (bicyclic) bond motifs is 1. The molecule has 1 aromatic carbocycles. The van der Waals surface area contributed by atoms with Gasteiger partial charge in [-0.2, -0.15) is 5.10 Å². The molecule has 0 aliphatic rings. The summed E-state index contributed by atoms with van der Waals surface area (Å²) in [6.07, 6.45) is 7.58. The highest BCUT2D eigenvalue weighted by molar-refractivity contribution is 5.70. The predicted octanol–water partition coefficient (Wildman–Crippen LogP) is 3.50. The molecule has 2 heteroatoms. The molecule has 0 saturated carbocycles. The maximum atomic E-state index is 7.65. The zero-order valence-corrected chi connectivity index (χ0v) is 9.25. The molecule has 2 nitrogen and oxygen atoms in total. The Bertz CT molecular complexity index is 699. The average Bonchev–Trinajstić information content (AvgIpc) is 2.79. The van der Waals surface area contributed by atoms with Gasteiger partial charge in [-0.25, -0.2) is 4.52 Å². The summed E-state index contributed by atoms with van der Waals surface area (Å²) in [6, 6.07) is 14.5. The Morgan fingerprint density at radius 3 is 2.71 bits per heavy atom. The average molecular weight is 221 g/mol. The molecular formula is C15H12N2. The summed E-state index contributed by atoms with van der Waals surface area (Å²) in [7, 11) is 0. The van der Waals surface area contributed by atoms with Gasteiger partial charge in [-0.3, -0.25) is 0 Å². The number of benzene rings is 1. The lowest BCUT2D eigenvalue weighted by molar-refractivity contribution is 0.959. The van der Waals surface area contributed by atoms with E-state index in [2.05, 4.69) is 23.3 Å². The predicted molar refractivity (Wildman–Crippen MR) is 70.6 cm³/mol. The van der Waals surface area contributed by atoms with Crippen molar-refractivity contribution < 1.29 is 1.37 Å². The highest BCUT2D eigenvalue weighted by atomic mass is 15.2. The van der Waals surface area contributed by atoms with Gasteiger partial charge < -0.3 is 0 Å². The Balaban J connectivity index is 1.93. The van der Waals surface area contributed by atoms with Gasteiger partial charge in [-0.15, -0.1) is 0 Å². The second-order valence-corrected chi connectivity index (χ2v) is 3.83. The van der Waals surface area contributed by atoms with E-state index >= 15 is 0 Å². The van der Waals surface area contributed by atoms with E-state index in [1.807, 2.05) is 42.6 Å². The van der Waals surface area contributed by atoms with Crippen molar-refractivity contribution >= 4 is 17.7 Å². The van der Waals surface area contributed by atoms with E-state index in [9.17, 15) is 0 Å². The summed E-state index contributed by atoms with van der Waals surface area (Å²) in [4.78, 5) is 0. The normalized spacial score (nSPS) is 12.1. The standard InChI is InChI=1S/C15H12N2/c1-2-4-13(5-3-1)6-7-14-8-9-15-10-11-16-17(15)12-14/h1-12H/b7-6+/i10D. The van der Waals surface area contributed by atoms with Crippen LogP contribution in [0.5, 0.6) is 0 Å². The minimum Gasteiger partial charge on any atom is -0.240 e. The van der Waals surface area contributed by atoms with Crippen LogP contribution >= 0.6 is 0 Å². The van der Waals surface area contributed by atoms with Crippen molar-refractivity contribution in [3.05, 3.63) is 72.0 Å². The summed E-state index contributed by atoms with van der Waals surface area (Å²) in [5, 5.41) is 4.13. The maximum absolute atomic E-state index is 7.65. The minimum atomic E-state index is 0.452. The quantitative estimate of drug-likeness (QED) is 0.647. The fourth-order valence-corrected chi connectivity index (χ4v) is 1.73. The first-order chi connectivity index (χ1) is 8.83. The first-order valence-corrected chi connectivity index (χ1v) is 5.50. The van der Waals surface area contributed by atoms with Crippen molar-refractivity contribution in [3.8, 4) is 0 Å². The third kappa shape index (κ3) is 2.11. The van der Waals surface area contributed by atoms with Gasteiger partial charge in [0.15, 0.2) is 0 Å². The molecule has 0 N–H and O–H groups in total. The van der Waals surface area contributed by atoms with Crippen LogP contribution in [-0.4, -0.2) is 9.61 Å². The van der Waals surface area contributed by atoms with Gasteiger partial charge >= 0.3 is 0 Å². The molecule has 0 atom stereocenters. The van der Waals surface area contributed by atoms with E-state index in [4.69, 9.17) is 1.37 Å². The van der Waals surface area contributed by atoms with Crippen molar-refractivity contribution in [1.82, 2.24) is 9.61 Å². The number of nitrogens with zero attached hydrogens (tertiary/aromatic N) is 2. The van der Waals surface area contributed by atoms with E-state index in [0.717, 1.165) is 11.1 Å². The SMILES string of the molecule is [2H]c1cnn2cc(/C=C/c3ccccc3)ccc12. The van der Waals surface area contributed by atoms with Gasteiger partial charge in [-0.05, 0) is 23.2 Å². The molecule has 0 unspecified atom stereocenters. The van der Waals surface area contributed by atoms with E-state index in [1.54, 1.807) is 10.7 Å². The van der Waals surface area contributed by atoms with Crippen molar-refractivity contribution in [2.45, 2.75) is 0 Å². The topological polar surface area (TPSA) is 17.3 Å². The smallest absolute Gasteiger partial charge is 0.0663 e. The number of aromatic nitrogens is 2. The maximum Gasteiger partial charge on any atom is 0.0663 e. The Morgan fingerprint density at radius 2 is 1.82 bits per heavy atom. The molecule has 0 aliphatic heterocycles. The van der Waals surface area contributed by atoms with Crippen LogP contribution in [0.3, 0.4) is 0 Å². The molecule has 82 valence electrons. The first kappa shape index (κ1) is 8.76. The van der Waals surface area contributed by atoms with Gasteiger partial charge in [0.25, 0.3) is 0 Å². The molecule has 0 bridgehead atoms. The molecule has 3 aromatic rings. The Labute approximate surface area is 101 Å². The molecule has 0 saturated heterocycles. The van der Waals surface area contributed by atoms with Crippen LogP contribution in [0, 0.1) is 0 Å². The lowest BCUT2D eigenvalue weighted by Gasteiger charge is -1.96. The van der Waals surface area contributed by atoms with Crippen molar-refractivity contribution in [2.24, 2.45) is 0 Å². The Hall–Kier alpha value is -2.35. The molecule has 0 spiro atoms. The molecular weight excluding hydrogens is 208 g/mol. The molecule has 0 fully saturated rings. The third-order valence-electron chi connectivity index (χ3n) is 2.61. The number of hydrogen-bond donors (Lipinski definition) is 0. The van der Waals surface area contributed by atoms with Gasteiger partial charge in [0.1, 0.15) is 0 Å². The summed E-state index contributed by atoms with van der Waals surface area (Å²) in [5.74, 6) is 0. The van der Waals surface area contributed by atoms with Crippen molar-refractivity contribution in [1.29, 1.82) is 0 Å². The summed E-state index contributed by atoms with van der Waals surface area (Å²) in [5.41, 5.74) is 3.06. The van der Waals surface area contributed by atoms with Crippen LogP contribution in [0.4, 0.5) is 0 Å². The highest BCUT2D eigenvalue weighted by Gasteiger charge is 1.93. The van der Waals surface area contributed by atoms with E-state index in [1.165, 1.54) is 5.56 Å². The van der Waals surface area contributed by atoms with Gasteiger partial charge in [0.05, 0.1) is 6.89 Å². The Morgan fingerprint density at radius 1 is 1.00 bits per heavy atom. The zero-order valence-electron chi connectivity index (χ0n) is 10.2. The Kier molecular flexibility index (Phi) is 2.19. The largest absolute Gasteiger partial charge is 0.240 e. The van der Waals surface area contributed by atoms with E-state index in [0.29, 0.717) is 6.04 Å². The van der Waals surface area contributed by atoms with Crippen LogP contribution in [0.25, 0.3) is 17.7 Å².